The topological polar surface area (TPSA) is 86.7 Å². The number of hydrogen-bond acceptors (Lipinski definition) is 3. The van der Waals surface area contributed by atoms with Crippen molar-refractivity contribution in [3.8, 4) is 0 Å². The van der Waals surface area contributed by atoms with E-state index in [4.69, 9.17) is 0 Å². The van der Waals surface area contributed by atoms with Crippen molar-refractivity contribution in [2.75, 3.05) is 19.6 Å². The van der Waals surface area contributed by atoms with E-state index in [0.717, 1.165) is 24.0 Å². The van der Waals surface area contributed by atoms with Crippen LogP contribution >= 0.6 is 0 Å². The summed E-state index contributed by atoms with van der Waals surface area (Å²) in [6.07, 6.45) is 2.63. The molecule has 1 aliphatic rings. The van der Waals surface area contributed by atoms with Crippen LogP contribution in [0.5, 0.6) is 0 Å². The number of carbonyl (C=O) groups excluding carboxylic acids is 2. The Kier molecular flexibility index (Phi) is 7.00. The second-order valence-corrected chi connectivity index (χ2v) is 7.43. The number of aromatic carboxylic acids is 1. The normalized spacial score (nSPS) is 14.4. The number of carboxylic acids is 1. The van der Waals surface area contributed by atoms with E-state index in [0.29, 0.717) is 31.0 Å². The van der Waals surface area contributed by atoms with Crippen LogP contribution in [0.15, 0.2) is 54.6 Å². The zero-order valence-electron chi connectivity index (χ0n) is 16.3. The molecule has 0 radical (unpaired) electrons. The maximum atomic E-state index is 12.4. The molecule has 0 aromatic heterocycles. The summed E-state index contributed by atoms with van der Waals surface area (Å²) < 4.78 is 0. The summed E-state index contributed by atoms with van der Waals surface area (Å²) in [5.74, 6) is -0.785. The quantitative estimate of drug-likeness (QED) is 0.756. The van der Waals surface area contributed by atoms with Gasteiger partial charge in [-0.15, -0.1) is 0 Å². The fourth-order valence-electron chi connectivity index (χ4n) is 3.73. The fourth-order valence-corrected chi connectivity index (χ4v) is 3.73. The van der Waals surface area contributed by atoms with Crippen LogP contribution in [0.25, 0.3) is 0 Å². The average Bonchev–Trinajstić information content (AvgIpc) is 2.73. The number of carboxylic acid groups (broad SMARTS) is 1. The van der Waals surface area contributed by atoms with Gasteiger partial charge in [-0.1, -0.05) is 48.5 Å². The summed E-state index contributed by atoms with van der Waals surface area (Å²) >= 11 is 0. The molecule has 152 valence electrons. The van der Waals surface area contributed by atoms with Crippen LogP contribution < -0.4 is 5.32 Å². The SMILES string of the molecule is O=C(Cc1ccccc1)NCC(=O)N1CCC(Cc2ccccc2C(=O)O)CC1. The Hall–Kier alpha value is -3.15. The third-order valence-electron chi connectivity index (χ3n) is 5.37. The second kappa shape index (κ2) is 9.87. The summed E-state index contributed by atoms with van der Waals surface area (Å²) in [4.78, 5) is 37.5. The summed E-state index contributed by atoms with van der Waals surface area (Å²) in [5.41, 5.74) is 2.12. The molecule has 2 aromatic carbocycles. The van der Waals surface area contributed by atoms with Crippen LogP contribution in [0, 0.1) is 5.92 Å². The molecule has 0 spiro atoms. The first-order valence-electron chi connectivity index (χ1n) is 9.92. The van der Waals surface area contributed by atoms with Crippen LogP contribution in [-0.4, -0.2) is 47.4 Å². The van der Waals surface area contributed by atoms with Gasteiger partial charge in [-0.05, 0) is 42.4 Å². The smallest absolute Gasteiger partial charge is 0.335 e. The first-order valence-corrected chi connectivity index (χ1v) is 9.92. The van der Waals surface area contributed by atoms with E-state index in [-0.39, 0.29) is 24.8 Å². The number of piperidine rings is 1. The first-order chi connectivity index (χ1) is 14.0. The Morgan fingerprint density at radius 1 is 0.966 bits per heavy atom. The molecule has 1 saturated heterocycles. The van der Waals surface area contributed by atoms with Crippen molar-refractivity contribution in [1.29, 1.82) is 0 Å². The first kappa shape index (κ1) is 20.6. The van der Waals surface area contributed by atoms with E-state index >= 15 is 0 Å². The van der Waals surface area contributed by atoms with Gasteiger partial charge in [0, 0.05) is 13.1 Å². The van der Waals surface area contributed by atoms with Gasteiger partial charge in [-0.25, -0.2) is 4.79 Å². The van der Waals surface area contributed by atoms with Crippen molar-refractivity contribution in [2.45, 2.75) is 25.7 Å². The summed E-state index contributed by atoms with van der Waals surface area (Å²) in [7, 11) is 0. The molecular weight excluding hydrogens is 368 g/mol. The van der Waals surface area contributed by atoms with Gasteiger partial charge in [0.1, 0.15) is 0 Å². The molecular formula is C23H26N2O4. The summed E-state index contributed by atoms with van der Waals surface area (Å²) in [6.45, 7) is 1.28. The Morgan fingerprint density at radius 3 is 2.31 bits per heavy atom. The maximum Gasteiger partial charge on any atom is 0.335 e. The highest BCUT2D eigenvalue weighted by atomic mass is 16.4. The van der Waals surface area contributed by atoms with Crippen molar-refractivity contribution >= 4 is 17.8 Å². The monoisotopic (exact) mass is 394 g/mol. The molecule has 1 aliphatic heterocycles. The van der Waals surface area contributed by atoms with Gasteiger partial charge < -0.3 is 15.3 Å². The summed E-state index contributed by atoms with van der Waals surface area (Å²) in [6, 6.07) is 16.5. The number of hydrogen-bond donors (Lipinski definition) is 2. The van der Waals surface area contributed by atoms with Gasteiger partial charge in [0.25, 0.3) is 0 Å². The zero-order chi connectivity index (χ0) is 20.6. The van der Waals surface area contributed by atoms with Gasteiger partial charge in [-0.3, -0.25) is 9.59 Å². The highest BCUT2D eigenvalue weighted by Crippen LogP contribution is 2.23. The standard InChI is InChI=1S/C23H26N2O4/c26-21(15-17-6-2-1-3-7-17)24-16-22(27)25-12-10-18(11-13-25)14-19-8-4-5-9-20(19)23(28)29/h1-9,18H,10-16H2,(H,24,26)(H,28,29). The molecule has 0 aliphatic carbocycles. The minimum atomic E-state index is -0.903. The lowest BCUT2D eigenvalue weighted by molar-refractivity contribution is -0.133. The average molecular weight is 394 g/mol. The summed E-state index contributed by atoms with van der Waals surface area (Å²) in [5, 5.41) is 12.0. The number of likely N-dealkylation sites (tertiary alicyclic amines) is 1. The molecule has 6 heteroatoms. The van der Waals surface area contributed by atoms with E-state index in [1.807, 2.05) is 42.5 Å². The molecule has 0 saturated carbocycles. The third kappa shape index (κ3) is 5.91. The van der Waals surface area contributed by atoms with Gasteiger partial charge in [-0.2, -0.15) is 0 Å². The minimum Gasteiger partial charge on any atom is -0.478 e. The highest BCUT2D eigenvalue weighted by molar-refractivity contribution is 5.89. The van der Waals surface area contributed by atoms with Crippen molar-refractivity contribution < 1.29 is 19.5 Å². The van der Waals surface area contributed by atoms with Crippen LogP contribution in [0.1, 0.15) is 34.3 Å². The third-order valence-corrected chi connectivity index (χ3v) is 5.37. The predicted octanol–water partition coefficient (Wildman–Crippen LogP) is 2.52. The molecule has 6 nitrogen and oxygen atoms in total. The molecule has 1 fully saturated rings. The Morgan fingerprint density at radius 2 is 1.62 bits per heavy atom. The molecule has 0 bridgehead atoms. The molecule has 0 atom stereocenters. The van der Waals surface area contributed by atoms with Gasteiger partial charge in [0.15, 0.2) is 0 Å². The van der Waals surface area contributed by atoms with E-state index in [9.17, 15) is 19.5 Å². The van der Waals surface area contributed by atoms with Crippen LogP contribution in [0.2, 0.25) is 0 Å². The number of benzene rings is 2. The van der Waals surface area contributed by atoms with Crippen LogP contribution in [0.4, 0.5) is 0 Å². The van der Waals surface area contributed by atoms with Crippen LogP contribution in [-0.2, 0) is 22.4 Å². The van der Waals surface area contributed by atoms with Gasteiger partial charge in [0.2, 0.25) is 11.8 Å². The zero-order valence-corrected chi connectivity index (χ0v) is 16.3. The van der Waals surface area contributed by atoms with Crippen molar-refractivity contribution in [3.63, 3.8) is 0 Å². The molecule has 3 rings (SSSR count). The second-order valence-electron chi connectivity index (χ2n) is 7.43. The van der Waals surface area contributed by atoms with Crippen molar-refractivity contribution in [3.05, 3.63) is 71.3 Å². The predicted molar refractivity (Wildman–Crippen MR) is 110 cm³/mol. The number of carbonyl (C=O) groups is 3. The molecule has 2 amide bonds. The number of rotatable bonds is 7. The number of amides is 2. The lowest BCUT2D eigenvalue weighted by atomic mass is 9.88. The largest absolute Gasteiger partial charge is 0.478 e. The van der Waals surface area contributed by atoms with Gasteiger partial charge in [0.05, 0.1) is 18.5 Å². The molecule has 29 heavy (non-hydrogen) atoms. The fraction of sp³-hybridized carbons (Fsp3) is 0.348. The van der Waals surface area contributed by atoms with E-state index in [1.54, 1.807) is 17.0 Å². The molecule has 0 unspecified atom stereocenters. The van der Waals surface area contributed by atoms with Crippen molar-refractivity contribution in [2.24, 2.45) is 5.92 Å². The van der Waals surface area contributed by atoms with Crippen LogP contribution in [0.3, 0.4) is 0 Å². The van der Waals surface area contributed by atoms with Gasteiger partial charge >= 0.3 is 5.97 Å². The highest BCUT2D eigenvalue weighted by Gasteiger charge is 2.24. The molecule has 2 N–H and O–H groups in total. The lowest BCUT2D eigenvalue weighted by Gasteiger charge is -2.32. The van der Waals surface area contributed by atoms with E-state index in [2.05, 4.69) is 5.32 Å². The minimum absolute atomic E-state index is 0.0121. The van der Waals surface area contributed by atoms with E-state index < -0.39 is 5.97 Å². The molecule has 1 heterocycles. The number of nitrogens with one attached hydrogen (secondary N) is 1. The Balaban J connectivity index is 1.43. The number of nitrogens with zero attached hydrogens (tertiary/aromatic N) is 1. The Labute approximate surface area is 170 Å². The lowest BCUT2D eigenvalue weighted by Crippen LogP contribution is -2.44. The molecule has 2 aromatic rings. The van der Waals surface area contributed by atoms with Crippen molar-refractivity contribution in [1.82, 2.24) is 10.2 Å². The Bertz CT molecular complexity index is 858. The van der Waals surface area contributed by atoms with E-state index in [1.165, 1.54) is 0 Å². The maximum absolute atomic E-state index is 12.4.